The number of ether oxygens (including phenoxy) is 1. The fraction of sp³-hybridized carbons (Fsp3) is 0.300. The Bertz CT molecular complexity index is 814. The van der Waals surface area contributed by atoms with Crippen molar-refractivity contribution in [3.05, 3.63) is 59.7 Å². The highest BCUT2D eigenvalue weighted by Gasteiger charge is 2.38. The maximum absolute atomic E-state index is 12.7. The van der Waals surface area contributed by atoms with Gasteiger partial charge >= 0.3 is 5.97 Å². The summed E-state index contributed by atoms with van der Waals surface area (Å²) in [6, 6.07) is 14.9. The second kappa shape index (κ2) is 6.59. The minimum Gasteiger partial charge on any atom is -0.460 e. The van der Waals surface area contributed by atoms with Gasteiger partial charge in [-0.2, -0.15) is 0 Å². The molecule has 5 heteroatoms. The van der Waals surface area contributed by atoms with Crippen LogP contribution >= 0.6 is 0 Å². The number of amides is 1. The molecule has 0 radical (unpaired) electrons. The van der Waals surface area contributed by atoms with E-state index in [9.17, 15) is 9.59 Å². The predicted octanol–water partition coefficient (Wildman–Crippen LogP) is 3.39. The number of anilines is 2. The molecule has 1 N–H and O–H groups in total. The summed E-state index contributed by atoms with van der Waals surface area (Å²) in [5, 5.41) is 3.25. The van der Waals surface area contributed by atoms with E-state index in [0.717, 1.165) is 16.9 Å². The first-order valence-electron chi connectivity index (χ1n) is 8.31. The first-order valence-corrected chi connectivity index (χ1v) is 8.31. The number of esters is 1. The van der Waals surface area contributed by atoms with Gasteiger partial charge < -0.3 is 15.0 Å². The van der Waals surface area contributed by atoms with E-state index >= 15 is 0 Å². The summed E-state index contributed by atoms with van der Waals surface area (Å²) in [4.78, 5) is 26.6. The van der Waals surface area contributed by atoms with Crippen LogP contribution < -0.4 is 10.2 Å². The van der Waals surface area contributed by atoms with E-state index in [-0.39, 0.29) is 18.5 Å². The number of aryl methyl sites for hydroxylation is 1. The summed E-state index contributed by atoms with van der Waals surface area (Å²) in [7, 11) is 0. The number of carbonyl (C=O) groups is 2. The Balaban J connectivity index is 1.70. The average molecular weight is 338 g/mol. The minimum absolute atomic E-state index is 0.0437. The first kappa shape index (κ1) is 17.0. The number of fused-ring (bicyclic) bond motifs is 1. The summed E-state index contributed by atoms with van der Waals surface area (Å²) in [6.45, 7) is 6.07. The summed E-state index contributed by atoms with van der Waals surface area (Å²) in [5.41, 5.74) is 2.53. The van der Waals surface area contributed by atoms with E-state index in [1.807, 2.05) is 57.2 Å². The number of benzene rings is 2. The fourth-order valence-corrected chi connectivity index (χ4v) is 2.96. The molecular formula is C20H22N2O3. The van der Waals surface area contributed by atoms with Crippen LogP contribution in [0.2, 0.25) is 0 Å². The SMILES string of the molecule is Cc1cccc(C(=O)OCCN2C(=O)C(C)(C)Nc3ccccc32)c1. The third-order valence-electron chi connectivity index (χ3n) is 4.22. The van der Waals surface area contributed by atoms with E-state index < -0.39 is 5.54 Å². The van der Waals surface area contributed by atoms with E-state index in [4.69, 9.17) is 4.74 Å². The van der Waals surface area contributed by atoms with Crippen LogP contribution in [0.15, 0.2) is 48.5 Å². The van der Waals surface area contributed by atoms with Crippen LogP contribution in [0.3, 0.4) is 0 Å². The number of carbonyl (C=O) groups excluding carboxylic acids is 2. The molecule has 3 rings (SSSR count). The molecule has 130 valence electrons. The molecule has 1 aliphatic rings. The highest BCUT2D eigenvalue weighted by atomic mass is 16.5. The number of hydrogen-bond donors (Lipinski definition) is 1. The smallest absolute Gasteiger partial charge is 0.338 e. The number of hydrogen-bond acceptors (Lipinski definition) is 4. The fourth-order valence-electron chi connectivity index (χ4n) is 2.96. The van der Waals surface area contributed by atoms with Crippen molar-refractivity contribution in [3.8, 4) is 0 Å². The Labute approximate surface area is 147 Å². The van der Waals surface area contributed by atoms with Gasteiger partial charge in [-0.3, -0.25) is 4.79 Å². The molecule has 0 bridgehead atoms. The van der Waals surface area contributed by atoms with Crippen molar-refractivity contribution < 1.29 is 14.3 Å². The van der Waals surface area contributed by atoms with Crippen molar-refractivity contribution in [2.24, 2.45) is 0 Å². The molecule has 1 aliphatic heterocycles. The Morgan fingerprint density at radius 2 is 1.92 bits per heavy atom. The van der Waals surface area contributed by atoms with E-state index in [2.05, 4.69) is 5.32 Å². The maximum Gasteiger partial charge on any atom is 0.338 e. The Morgan fingerprint density at radius 3 is 2.68 bits per heavy atom. The largest absolute Gasteiger partial charge is 0.460 e. The molecular weight excluding hydrogens is 316 g/mol. The lowest BCUT2D eigenvalue weighted by Crippen LogP contribution is -2.54. The zero-order valence-corrected chi connectivity index (χ0v) is 14.7. The lowest BCUT2D eigenvalue weighted by atomic mass is 9.98. The van der Waals surface area contributed by atoms with Gasteiger partial charge in [0.2, 0.25) is 0 Å². The van der Waals surface area contributed by atoms with Crippen LogP contribution in [0.5, 0.6) is 0 Å². The normalized spacial score (nSPS) is 15.3. The zero-order valence-electron chi connectivity index (χ0n) is 14.7. The molecule has 0 aliphatic carbocycles. The second-order valence-electron chi connectivity index (χ2n) is 6.73. The molecule has 1 amide bonds. The Kier molecular flexibility index (Phi) is 4.49. The van der Waals surface area contributed by atoms with Crippen LogP contribution in [0.4, 0.5) is 11.4 Å². The van der Waals surface area contributed by atoms with Crippen LogP contribution in [0.1, 0.15) is 29.8 Å². The van der Waals surface area contributed by atoms with Gasteiger partial charge in [0, 0.05) is 0 Å². The second-order valence-corrected chi connectivity index (χ2v) is 6.73. The van der Waals surface area contributed by atoms with Crippen molar-refractivity contribution in [2.45, 2.75) is 26.3 Å². The summed E-state index contributed by atoms with van der Waals surface area (Å²) < 4.78 is 5.36. The first-order chi connectivity index (χ1) is 11.9. The van der Waals surface area contributed by atoms with Gasteiger partial charge in [-0.1, -0.05) is 29.8 Å². The van der Waals surface area contributed by atoms with E-state index in [1.165, 1.54) is 0 Å². The molecule has 2 aromatic rings. The topological polar surface area (TPSA) is 58.6 Å². The predicted molar refractivity (Wildman–Crippen MR) is 98.0 cm³/mol. The molecule has 25 heavy (non-hydrogen) atoms. The van der Waals surface area contributed by atoms with Gasteiger partial charge in [0.15, 0.2) is 0 Å². The molecule has 0 saturated heterocycles. The van der Waals surface area contributed by atoms with Crippen LogP contribution in [0.25, 0.3) is 0 Å². The van der Waals surface area contributed by atoms with Crippen LogP contribution in [-0.2, 0) is 9.53 Å². The van der Waals surface area contributed by atoms with Crippen LogP contribution in [0, 0.1) is 6.92 Å². The zero-order chi connectivity index (χ0) is 18.0. The highest BCUT2D eigenvalue weighted by molar-refractivity contribution is 6.07. The van der Waals surface area contributed by atoms with Gasteiger partial charge in [-0.15, -0.1) is 0 Å². The van der Waals surface area contributed by atoms with Crippen molar-refractivity contribution in [2.75, 3.05) is 23.4 Å². The summed E-state index contributed by atoms with van der Waals surface area (Å²) >= 11 is 0. The molecule has 0 unspecified atom stereocenters. The molecule has 0 spiro atoms. The number of nitrogens with one attached hydrogen (secondary N) is 1. The monoisotopic (exact) mass is 338 g/mol. The standard InChI is InChI=1S/C20H22N2O3/c1-14-7-6-8-15(13-14)18(23)25-12-11-22-17-10-5-4-9-16(17)21-20(2,3)19(22)24/h4-10,13,21H,11-12H2,1-3H3. The number of rotatable bonds is 4. The lowest BCUT2D eigenvalue weighted by Gasteiger charge is -2.39. The maximum atomic E-state index is 12.7. The van der Waals surface area contributed by atoms with Crippen molar-refractivity contribution in [1.82, 2.24) is 0 Å². The minimum atomic E-state index is -0.699. The number of nitrogens with zero attached hydrogens (tertiary/aromatic N) is 1. The molecule has 2 aromatic carbocycles. The molecule has 1 heterocycles. The van der Waals surface area contributed by atoms with Gasteiger partial charge in [0.05, 0.1) is 23.5 Å². The molecule has 0 aromatic heterocycles. The van der Waals surface area contributed by atoms with Gasteiger partial charge in [0.1, 0.15) is 12.1 Å². The lowest BCUT2D eigenvalue weighted by molar-refractivity contribution is -0.122. The number of para-hydroxylation sites is 2. The average Bonchev–Trinajstić information content (AvgIpc) is 2.58. The summed E-state index contributed by atoms with van der Waals surface area (Å²) in [6.07, 6.45) is 0. The molecule has 0 saturated carbocycles. The summed E-state index contributed by atoms with van der Waals surface area (Å²) in [5.74, 6) is -0.420. The van der Waals surface area contributed by atoms with Gasteiger partial charge in [-0.25, -0.2) is 4.79 Å². The third-order valence-corrected chi connectivity index (χ3v) is 4.22. The van der Waals surface area contributed by atoms with E-state index in [1.54, 1.807) is 17.0 Å². The van der Waals surface area contributed by atoms with Crippen molar-refractivity contribution in [1.29, 1.82) is 0 Å². The molecule has 0 fully saturated rings. The van der Waals surface area contributed by atoms with Crippen molar-refractivity contribution >= 4 is 23.3 Å². The van der Waals surface area contributed by atoms with Crippen molar-refractivity contribution in [3.63, 3.8) is 0 Å². The van der Waals surface area contributed by atoms with Gasteiger partial charge in [-0.05, 0) is 45.0 Å². The quantitative estimate of drug-likeness (QED) is 0.868. The van der Waals surface area contributed by atoms with Gasteiger partial charge in [0.25, 0.3) is 5.91 Å². The van der Waals surface area contributed by atoms with Crippen LogP contribution in [-0.4, -0.2) is 30.6 Å². The molecule has 0 atom stereocenters. The Morgan fingerprint density at radius 1 is 1.16 bits per heavy atom. The Hall–Kier alpha value is -2.82. The molecule has 5 nitrogen and oxygen atoms in total. The third kappa shape index (κ3) is 3.50. The highest BCUT2D eigenvalue weighted by Crippen LogP contribution is 2.34. The van der Waals surface area contributed by atoms with E-state index in [0.29, 0.717) is 12.1 Å².